The van der Waals surface area contributed by atoms with Crippen molar-refractivity contribution in [2.24, 2.45) is 0 Å². The van der Waals surface area contributed by atoms with Crippen LogP contribution < -0.4 is 5.32 Å². The summed E-state index contributed by atoms with van der Waals surface area (Å²) in [6.07, 6.45) is 0. The van der Waals surface area contributed by atoms with Gasteiger partial charge in [0.15, 0.2) is 0 Å². The lowest BCUT2D eigenvalue weighted by Crippen LogP contribution is -2.27. The van der Waals surface area contributed by atoms with Crippen molar-refractivity contribution < 1.29 is 14.3 Å². The van der Waals surface area contributed by atoms with E-state index in [0.717, 1.165) is 30.1 Å². The Kier molecular flexibility index (Phi) is 7.36. The van der Waals surface area contributed by atoms with Gasteiger partial charge in [0.2, 0.25) is 0 Å². The maximum Gasteiger partial charge on any atom is 0.338 e. The first-order valence-corrected chi connectivity index (χ1v) is 9.69. The summed E-state index contributed by atoms with van der Waals surface area (Å²) in [6, 6.07) is 6.77. The zero-order chi connectivity index (χ0) is 19.1. The fourth-order valence-electron chi connectivity index (χ4n) is 2.52. The average Bonchev–Trinajstić information content (AvgIpc) is 2.98. The molecule has 0 aliphatic rings. The maximum atomic E-state index is 12.3. The second kappa shape index (κ2) is 9.50. The number of carbonyl (C=O) groups excluding carboxylic acids is 2. The number of likely N-dealkylation sites (N-methyl/N-ethyl adjacent to an activating group) is 1. The van der Waals surface area contributed by atoms with E-state index in [1.54, 1.807) is 35.6 Å². The number of nitrogens with one attached hydrogen (secondary N) is 1. The van der Waals surface area contributed by atoms with Crippen LogP contribution in [0.5, 0.6) is 0 Å². The number of anilines is 1. The molecule has 1 amide bonds. The molecule has 1 aromatic carbocycles. The standard InChI is InChI=1S/C20H26N2O3S/c1-5-22(6-2)11-12-25-20(24)16-7-9-17(10-8-16)21-19(23)18-13-26-15(4)14(18)3/h7-10,13H,5-6,11-12H2,1-4H3,(H,21,23). The number of benzene rings is 1. The lowest BCUT2D eigenvalue weighted by atomic mass is 10.1. The van der Waals surface area contributed by atoms with Crippen LogP contribution in [0.3, 0.4) is 0 Å². The summed E-state index contributed by atoms with van der Waals surface area (Å²) in [6.45, 7) is 11.1. The maximum absolute atomic E-state index is 12.3. The molecule has 1 N–H and O–H groups in total. The van der Waals surface area contributed by atoms with Crippen molar-refractivity contribution in [3.8, 4) is 0 Å². The van der Waals surface area contributed by atoms with Gasteiger partial charge in [-0.1, -0.05) is 13.8 Å². The van der Waals surface area contributed by atoms with Crippen molar-refractivity contribution in [3.05, 3.63) is 51.2 Å². The molecule has 2 rings (SSSR count). The lowest BCUT2D eigenvalue weighted by Gasteiger charge is -2.17. The van der Waals surface area contributed by atoms with Gasteiger partial charge in [0, 0.05) is 22.5 Å². The fraction of sp³-hybridized carbons (Fsp3) is 0.400. The molecular formula is C20H26N2O3S. The molecule has 26 heavy (non-hydrogen) atoms. The van der Waals surface area contributed by atoms with E-state index in [2.05, 4.69) is 24.1 Å². The number of ether oxygens (including phenoxy) is 1. The molecule has 2 aromatic rings. The summed E-state index contributed by atoms with van der Waals surface area (Å²) in [5.41, 5.74) is 2.82. The number of nitrogens with zero attached hydrogens (tertiary/aromatic N) is 1. The molecule has 0 saturated carbocycles. The van der Waals surface area contributed by atoms with Crippen molar-refractivity contribution in [1.29, 1.82) is 0 Å². The molecule has 1 heterocycles. The highest BCUT2D eigenvalue weighted by molar-refractivity contribution is 7.10. The third-order valence-electron chi connectivity index (χ3n) is 4.44. The molecular weight excluding hydrogens is 348 g/mol. The molecule has 6 heteroatoms. The Morgan fingerprint density at radius 3 is 2.31 bits per heavy atom. The monoisotopic (exact) mass is 374 g/mol. The van der Waals surface area contributed by atoms with Crippen LogP contribution in [0.15, 0.2) is 29.6 Å². The van der Waals surface area contributed by atoms with E-state index in [1.165, 1.54) is 0 Å². The van der Waals surface area contributed by atoms with E-state index in [4.69, 9.17) is 4.74 Å². The van der Waals surface area contributed by atoms with Gasteiger partial charge in [-0.3, -0.25) is 4.79 Å². The number of thiophene rings is 1. The van der Waals surface area contributed by atoms with Gasteiger partial charge in [-0.2, -0.15) is 0 Å². The third kappa shape index (κ3) is 5.16. The normalized spacial score (nSPS) is 10.8. The number of hydrogen-bond acceptors (Lipinski definition) is 5. The van der Waals surface area contributed by atoms with Gasteiger partial charge in [-0.25, -0.2) is 4.79 Å². The number of rotatable bonds is 8. The first-order chi connectivity index (χ1) is 12.5. The number of hydrogen-bond donors (Lipinski definition) is 1. The van der Waals surface area contributed by atoms with Crippen LogP contribution in [0.2, 0.25) is 0 Å². The highest BCUT2D eigenvalue weighted by Crippen LogP contribution is 2.22. The molecule has 0 radical (unpaired) electrons. The molecule has 0 spiro atoms. The smallest absolute Gasteiger partial charge is 0.338 e. The van der Waals surface area contributed by atoms with Crippen molar-refractivity contribution in [2.45, 2.75) is 27.7 Å². The van der Waals surface area contributed by atoms with E-state index in [-0.39, 0.29) is 11.9 Å². The molecule has 0 saturated heterocycles. The predicted molar refractivity (Wildman–Crippen MR) is 106 cm³/mol. The Bertz CT molecular complexity index is 749. The highest BCUT2D eigenvalue weighted by Gasteiger charge is 2.13. The number of carbonyl (C=O) groups is 2. The molecule has 0 aliphatic carbocycles. The first kappa shape index (κ1) is 20.1. The summed E-state index contributed by atoms with van der Waals surface area (Å²) in [4.78, 5) is 27.7. The summed E-state index contributed by atoms with van der Waals surface area (Å²) in [5.74, 6) is -0.485. The molecule has 0 unspecified atom stereocenters. The fourth-order valence-corrected chi connectivity index (χ4v) is 3.38. The SMILES string of the molecule is CCN(CC)CCOC(=O)c1ccc(NC(=O)c2csc(C)c2C)cc1. The lowest BCUT2D eigenvalue weighted by molar-refractivity contribution is 0.0466. The second-order valence-corrected chi connectivity index (χ2v) is 7.11. The first-order valence-electron chi connectivity index (χ1n) is 8.81. The molecule has 0 aliphatic heterocycles. The van der Waals surface area contributed by atoms with Gasteiger partial charge in [0.25, 0.3) is 5.91 Å². The summed E-state index contributed by atoms with van der Waals surface area (Å²) >= 11 is 1.56. The van der Waals surface area contributed by atoms with Crippen LogP contribution in [-0.2, 0) is 4.74 Å². The Morgan fingerprint density at radius 2 is 1.77 bits per heavy atom. The van der Waals surface area contributed by atoms with E-state index < -0.39 is 0 Å². The summed E-state index contributed by atoms with van der Waals surface area (Å²) in [7, 11) is 0. The molecule has 0 atom stereocenters. The largest absolute Gasteiger partial charge is 0.461 e. The van der Waals surface area contributed by atoms with Gasteiger partial charge < -0.3 is 15.0 Å². The third-order valence-corrected chi connectivity index (χ3v) is 5.46. The topological polar surface area (TPSA) is 58.6 Å². The van der Waals surface area contributed by atoms with Crippen molar-refractivity contribution >= 4 is 28.9 Å². The van der Waals surface area contributed by atoms with Gasteiger partial charge >= 0.3 is 5.97 Å². The number of esters is 1. The average molecular weight is 375 g/mol. The molecule has 0 bridgehead atoms. The Morgan fingerprint density at radius 1 is 1.12 bits per heavy atom. The zero-order valence-electron chi connectivity index (χ0n) is 15.8. The predicted octanol–water partition coefficient (Wildman–Crippen LogP) is 4.12. The summed E-state index contributed by atoms with van der Waals surface area (Å²) < 4.78 is 5.30. The van der Waals surface area contributed by atoms with Gasteiger partial charge in [-0.15, -0.1) is 11.3 Å². The molecule has 0 fully saturated rings. The summed E-state index contributed by atoms with van der Waals surface area (Å²) in [5, 5.41) is 4.72. The van der Waals surface area contributed by atoms with Crippen LogP contribution in [0.1, 0.15) is 45.0 Å². The van der Waals surface area contributed by atoms with Crippen LogP contribution in [0.25, 0.3) is 0 Å². The van der Waals surface area contributed by atoms with Crippen LogP contribution in [0.4, 0.5) is 5.69 Å². The van der Waals surface area contributed by atoms with Gasteiger partial charge in [-0.05, 0) is 56.8 Å². The van der Waals surface area contributed by atoms with Gasteiger partial charge in [0.1, 0.15) is 6.61 Å². The van der Waals surface area contributed by atoms with Crippen LogP contribution >= 0.6 is 11.3 Å². The van der Waals surface area contributed by atoms with Crippen molar-refractivity contribution in [1.82, 2.24) is 4.90 Å². The van der Waals surface area contributed by atoms with E-state index in [9.17, 15) is 9.59 Å². The van der Waals surface area contributed by atoms with Crippen molar-refractivity contribution in [3.63, 3.8) is 0 Å². The second-order valence-electron chi connectivity index (χ2n) is 6.02. The van der Waals surface area contributed by atoms with Crippen LogP contribution in [0, 0.1) is 13.8 Å². The minimum absolute atomic E-state index is 0.138. The van der Waals surface area contributed by atoms with E-state index in [1.807, 2.05) is 19.2 Å². The minimum atomic E-state index is -0.348. The zero-order valence-corrected chi connectivity index (χ0v) is 16.6. The minimum Gasteiger partial charge on any atom is -0.461 e. The van der Waals surface area contributed by atoms with E-state index in [0.29, 0.717) is 23.4 Å². The quantitative estimate of drug-likeness (QED) is 0.706. The molecule has 140 valence electrons. The Hall–Kier alpha value is -2.18. The molecule has 1 aromatic heterocycles. The van der Waals surface area contributed by atoms with E-state index >= 15 is 0 Å². The van der Waals surface area contributed by atoms with Crippen LogP contribution in [-0.4, -0.2) is 43.0 Å². The van der Waals surface area contributed by atoms with Crippen molar-refractivity contribution in [2.75, 3.05) is 31.6 Å². The number of aryl methyl sites for hydroxylation is 1. The highest BCUT2D eigenvalue weighted by atomic mass is 32.1. The van der Waals surface area contributed by atoms with Gasteiger partial charge in [0.05, 0.1) is 11.1 Å². The number of amides is 1. The molecule has 5 nitrogen and oxygen atoms in total. The Labute approximate surface area is 159 Å². The Balaban J connectivity index is 1.90.